The van der Waals surface area contributed by atoms with Gasteiger partial charge >= 0.3 is 0 Å². The van der Waals surface area contributed by atoms with Gasteiger partial charge in [0.2, 0.25) is 0 Å². The third kappa shape index (κ3) is 2.85. The van der Waals surface area contributed by atoms with E-state index < -0.39 is 0 Å². The van der Waals surface area contributed by atoms with Gasteiger partial charge in [-0.2, -0.15) is 0 Å². The van der Waals surface area contributed by atoms with Crippen LogP contribution < -0.4 is 0 Å². The molecule has 88 valence electrons. The molecular weight excluding hydrogens is 194 g/mol. The van der Waals surface area contributed by atoms with Crippen LogP contribution in [0.5, 0.6) is 0 Å². The molecule has 0 N–H and O–H groups in total. The van der Waals surface area contributed by atoms with Crippen LogP contribution in [0.1, 0.15) is 42.9 Å². The van der Waals surface area contributed by atoms with Crippen LogP contribution in [-0.4, -0.2) is 18.0 Å². The lowest BCUT2D eigenvalue weighted by atomic mass is 10.0. The molecule has 1 fully saturated rings. The number of aryl methyl sites for hydroxylation is 2. The van der Waals surface area contributed by atoms with Crippen molar-refractivity contribution in [2.75, 3.05) is 13.1 Å². The summed E-state index contributed by atoms with van der Waals surface area (Å²) in [7, 11) is 0. The largest absolute Gasteiger partial charge is 0.299 e. The molecule has 16 heavy (non-hydrogen) atoms. The van der Waals surface area contributed by atoms with Gasteiger partial charge < -0.3 is 0 Å². The molecule has 0 amide bonds. The number of likely N-dealkylation sites (tertiary alicyclic amines) is 1. The maximum atomic E-state index is 2.59. The van der Waals surface area contributed by atoms with Gasteiger partial charge in [0.15, 0.2) is 0 Å². The Kier molecular flexibility index (Phi) is 4.00. The summed E-state index contributed by atoms with van der Waals surface area (Å²) < 4.78 is 0. The molecule has 0 unspecified atom stereocenters. The van der Waals surface area contributed by atoms with E-state index in [1.54, 1.807) is 0 Å². The summed E-state index contributed by atoms with van der Waals surface area (Å²) in [6.07, 6.45) is 5.34. The van der Waals surface area contributed by atoms with E-state index in [2.05, 4.69) is 36.9 Å². The normalized spacial score (nSPS) is 17.6. The summed E-state index contributed by atoms with van der Waals surface area (Å²) in [4.78, 5) is 2.59. The Hall–Kier alpha value is -0.820. The lowest BCUT2D eigenvalue weighted by Gasteiger charge is -2.26. The van der Waals surface area contributed by atoms with Gasteiger partial charge in [0, 0.05) is 6.54 Å². The topological polar surface area (TPSA) is 3.24 Å². The molecule has 0 aliphatic carbocycles. The number of hydrogen-bond donors (Lipinski definition) is 0. The van der Waals surface area contributed by atoms with Crippen molar-refractivity contribution < 1.29 is 0 Å². The van der Waals surface area contributed by atoms with Crippen LogP contribution in [0.15, 0.2) is 18.2 Å². The summed E-state index contributed by atoms with van der Waals surface area (Å²) in [5.74, 6) is 0. The zero-order chi connectivity index (χ0) is 11.4. The summed E-state index contributed by atoms with van der Waals surface area (Å²) in [6, 6.07) is 6.96. The third-order valence-electron chi connectivity index (χ3n) is 3.65. The first-order valence-corrected chi connectivity index (χ1v) is 6.60. The van der Waals surface area contributed by atoms with Crippen LogP contribution in [0.2, 0.25) is 0 Å². The van der Waals surface area contributed by atoms with E-state index in [0.717, 1.165) is 13.0 Å². The minimum Gasteiger partial charge on any atom is -0.299 e. The lowest BCUT2D eigenvalue weighted by Crippen LogP contribution is -2.29. The molecule has 0 aromatic heterocycles. The Balaban J connectivity index is 2.03. The second kappa shape index (κ2) is 5.49. The van der Waals surface area contributed by atoms with Crippen molar-refractivity contribution in [1.82, 2.24) is 4.90 Å². The highest BCUT2D eigenvalue weighted by atomic mass is 15.1. The van der Waals surface area contributed by atoms with E-state index in [1.165, 1.54) is 49.0 Å². The van der Waals surface area contributed by atoms with Crippen molar-refractivity contribution in [3.8, 4) is 0 Å². The standard InChI is InChI=1S/C15H23N/c1-3-15-11-14(8-7-13(15)2)12-16-9-5-4-6-10-16/h7-8,11H,3-6,9-10,12H2,1-2H3. The van der Waals surface area contributed by atoms with Crippen LogP contribution in [0, 0.1) is 6.92 Å². The van der Waals surface area contributed by atoms with Crippen molar-refractivity contribution in [1.29, 1.82) is 0 Å². The monoisotopic (exact) mass is 217 g/mol. The molecule has 0 saturated carbocycles. The van der Waals surface area contributed by atoms with Crippen molar-refractivity contribution in [3.05, 3.63) is 34.9 Å². The van der Waals surface area contributed by atoms with Gasteiger partial charge in [-0.15, -0.1) is 0 Å². The van der Waals surface area contributed by atoms with E-state index in [9.17, 15) is 0 Å². The van der Waals surface area contributed by atoms with E-state index in [0.29, 0.717) is 0 Å². The summed E-state index contributed by atoms with van der Waals surface area (Å²) in [6.45, 7) is 8.18. The molecule has 1 nitrogen and oxygen atoms in total. The quantitative estimate of drug-likeness (QED) is 0.748. The fourth-order valence-electron chi connectivity index (χ4n) is 2.58. The number of hydrogen-bond acceptors (Lipinski definition) is 1. The fourth-order valence-corrected chi connectivity index (χ4v) is 2.58. The van der Waals surface area contributed by atoms with Crippen molar-refractivity contribution in [2.24, 2.45) is 0 Å². The minimum atomic E-state index is 1.15. The minimum absolute atomic E-state index is 1.15. The highest BCUT2D eigenvalue weighted by Crippen LogP contribution is 2.16. The molecule has 0 atom stereocenters. The molecule has 1 aromatic carbocycles. The van der Waals surface area contributed by atoms with Gasteiger partial charge in [-0.3, -0.25) is 4.90 Å². The maximum Gasteiger partial charge on any atom is 0.0233 e. The first-order valence-electron chi connectivity index (χ1n) is 6.60. The maximum absolute atomic E-state index is 2.59. The molecule has 1 heterocycles. The molecule has 0 radical (unpaired) electrons. The van der Waals surface area contributed by atoms with E-state index >= 15 is 0 Å². The molecule has 1 saturated heterocycles. The number of piperidine rings is 1. The average Bonchev–Trinajstić information content (AvgIpc) is 2.33. The first-order chi connectivity index (χ1) is 7.79. The van der Waals surface area contributed by atoms with Crippen LogP contribution in [0.3, 0.4) is 0 Å². The van der Waals surface area contributed by atoms with Gasteiger partial charge in [0.25, 0.3) is 0 Å². The van der Waals surface area contributed by atoms with Crippen LogP contribution in [-0.2, 0) is 13.0 Å². The SMILES string of the molecule is CCc1cc(CN2CCCCC2)ccc1C. The highest BCUT2D eigenvalue weighted by molar-refractivity contribution is 5.31. The molecule has 0 spiro atoms. The highest BCUT2D eigenvalue weighted by Gasteiger charge is 2.10. The van der Waals surface area contributed by atoms with Crippen LogP contribution >= 0.6 is 0 Å². The third-order valence-corrected chi connectivity index (χ3v) is 3.65. The van der Waals surface area contributed by atoms with Crippen molar-refractivity contribution in [3.63, 3.8) is 0 Å². The fraction of sp³-hybridized carbons (Fsp3) is 0.600. The second-order valence-electron chi connectivity index (χ2n) is 4.95. The predicted octanol–water partition coefficient (Wildman–Crippen LogP) is 3.54. The zero-order valence-electron chi connectivity index (χ0n) is 10.6. The Morgan fingerprint density at radius 2 is 1.88 bits per heavy atom. The van der Waals surface area contributed by atoms with Crippen LogP contribution in [0.25, 0.3) is 0 Å². The van der Waals surface area contributed by atoms with Crippen molar-refractivity contribution in [2.45, 2.75) is 46.1 Å². The average molecular weight is 217 g/mol. The molecular formula is C15H23N. The molecule has 1 heteroatoms. The van der Waals surface area contributed by atoms with Gasteiger partial charge in [0.1, 0.15) is 0 Å². The Morgan fingerprint density at radius 1 is 1.12 bits per heavy atom. The number of rotatable bonds is 3. The molecule has 1 aromatic rings. The molecule has 1 aliphatic rings. The van der Waals surface area contributed by atoms with Gasteiger partial charge in [-0.25, -0.2) is 0 Å². The zero-order valence-corrected chi connectivity index (χ0v) is 10.6. The molecule has 0 bridgehead atoms. The Morgan fingerprint density at radius 3 is 2.56 bits per heavy atom. The molecule has 1 aliphatic heterocycles. The summed E-state index contributed by atoms with van der Waals surface area (Å²) >= 11 is 0. The number of nitrogens with zero attached hydrogens (tertiary/aromatic N) is 1. The first kappa shape index (κ1) is 11.7. The number of benzene rings is 1. The summed E-state index contributed by atoms with van der Waals surface area (Å²) in [5, 5.41) is 0. The van der Waals surface area contributed by atoms with Gasteiger partial charge in [-0.05, 0) is 56.0 Å². The van der Waals surface area contributed by atoms with Crippen LogP contribution in [0.4, 0.5) is 0 Å². The van der Waals surface area contributed by atoms with E-state index in [-0.39, 0.29) is 0 Å². The van der Waals surface area contributed by atoms with E-state index in [4.69, 9.17) is 0 Å². The summed E-state index contributed by atoms with van der Waals surface area (Å²) in [5.41, 5.74) is 4.43. The lowest BCUT2D eigenvalue weighted by molar-refractivity contribution is 0.221. The second-order valence-corrected chi connectivity index (χ2v) is 4.95. The Labute approximate surface area is 99.5 Å². The Bertz CT molecular complexity index is 337. The predicted molar refractivity (Wildman–Crippen MR) is 69.7 cm³/mol. The van der Waals surface area contributed by atoms with E-state index in [1.807, 2.05) is 0 Å². The molecule has 2 rings (SSSR count). The van der Waals surface area contributed by atoms with Crippen molar-refractivity contribution >= 4 is 0 Å². The van der Waals surface area contributed by atoms with Gasteiger partial charge in [-0.1, -0.05) is 31.5 Å². The smallest absolute Gasteiger partial charge is 0.0233 e. The van der Waals surface area contributed by atoms with Gasteiger partial charge in [0.05, 0.1) is 0 Å².